The SMILES string of the molecule is Fc1ccc(CNc2cc(Cl)ccc2F)cc1F. The molecule has 0 aromatic heterocycles. The van der Waals surface area contributed by atoms with Crippen LogP contribution in [0.1, 0.15) is 5.56 Å². The molecule has 0 amide bonds. The fourth-order valence-electron chi connectivity index (χ4n) is 1.48. The van der Waals surface area contributed by atoms with Crippen LogP contribution in [0.5, 0.6) is 0 Å². The van der Waals surface area contributed by atoms with Gasteiger partial charge in [0.15, 0.2) is 11.6 Å². The van der Waals surface area contributed by atoms with Crippen LogP contribution in [0, 0.1) is 17.5 Å². The molecule has 0 fully saturated rings. The smallest absolute Gasteiger partial charge is 0.159 e. The zero-order valence-corrected chi connectivity index (χ0v) is 9.94. The Hall–Kier alpha value is -1.68. The van der Waals surface area contributed by atoms with Crippen LogP contribution in [0.15, 0.2) is 36.4 Å². The Morgan fingerprint density at radius 3 is 2.33 bits per heavy atom. The van der Waals surface area contributed by atoms with E-state index in [0.29, 0.717) is 10.6 Å². The van der Waals surface area contributed by atoms with Gasteiger partial charge in [-0.3, -0.25) is 0 Å². The molecule has 18 heavy (non-hydrogen) atoms. The van der Waals surface area contributed by atoms with E-state index < -0.39 is 17.5 Å². The second-order valence-electron chi connectivity index (χ2n) is 3.73. The minimum Gasteiger partial charge on any atom is -0.379 e. The van der Waals surface area contributed by atoms with Gasteiger partial charge in [-0.1, -0.05) is 17.7 Å². The van der Waals surface area contributed by atoms with Gasteiger partial charge in [0.05, 0.1) is 5.69 Å². The van der Waals surface area contributed by atoms with Crippen molar-refractivity contribution in [1.82, 2.24) is 0 Å². The molecule has 0 spiro atoms. The molecular weight excluding hydrogens is 263 g/mol. The van der Waals surface area contributed by atoms with Crippen molar-refractivity contribution >= 4 is 17.3 Å². The van der Waals surface area contributed by atoms with E-state index in [1.807, 2.05) is 0 Å². The van der Waals surface area contributed by atoms with Crippen molar-refractivity contribution in [1.29, 1.82) is 0 Å². The number of anilines is 1. The zero-order valence-electron chi connectivity index (χ0n) is 9.18. The van der Waals surface area contributed by atoms with E-state index in [2.05, 4.69) is 5.32 Å². The maximum absolute atomic E-state index is 13.4. The van der Waals surface area contributed by atoms with Crippen molar-refractivity contribution in [2.24, 2.45) is 0 Å². The first kappa shape index (κ1) is 12.8. The van der Waals surface area contributed by atoms with Gasteiger partial charge in [0.1, 0.15) is 5.82 Å². The van der Waals surface area contributed by atoms with E-state index in [4.69, 9.17) is 11.6 Å². The number of nitrogens with one attached hydrogen (secondary N) is 1. The third-order valence-electron chi connectivity index (χ3n) is 2.40. The molecule has 2 aromatic carbocycles. The molecule has 0 saturated heterocycles. The Kier molecular flexibility index (Phi) is 3.77. The van der Waals surface area contributed by atoms with E-state index in [0.717, 1.165) is 12.1 Å². The van der Waals surface area contributed by atoms with Gasteiger partial charge < -0.3 is 5.32 Å². The highest BCUT2D eigenvalue weighted by molar-refractivity contribution is 6.30. The fraction of sp³-hybridized carbons (Fsp3) is 0.0769. The lowest BCUT2D eigenvalue weighted by Crippen LogP contribution is -2.02. The third kappa shape index (κ3) is 2.96. The summed E-state index contributed by atoms with van der Waals surface area (Å²) in [6.45, 7) is 0.175. The fourth-order valence-corrected chi connectivity index (χ4v) is 1.65. The molecule has 5 heteroatoms. The minimum absolute atomic E-state index is 0.175. The summed E-state index contributed by atoms with van der Waals surface area (Å²) in [5.74, 6) is -2.30. The van der Waals surface area contributed by atoms with Crippen molar-refractivity contribution in [3.63, 3.8) is 0 Å². The maximum atomic E-state index is 13.4. The minimum atomic E-state index is -0.930. The van der Waals surface area contributed by atoms with Crippen molar-refractivity contribution in [3.8, 4) is 0 Å². The quantitative estimate of drug-likeness (QED) is 0.874. The first-order chi connectivity index (χ1) is 8.56. The molecule has 0 radical (unpaired) electrons. The molecule has 2 aromatic rings. The van der Waals surface area contributed by atoms with Gasteiger partial charge in [-0.2, -0.15) is 0 Å². The van der Waals surface area contributed by atoms with Crippen molar-refractivity contribution in [2.45, 2.75) is 6.54 Å². The van der Waals surface area contributed by atoms with Crippen molar-refractivity contribution < 1.29 is 13.2 Å². The van der Waals surface area contributed by atoms with Crippen LogP contribution in [-0.4, -0.2) is 0 Å². The summed E-state index contributed by atoms with van der Waals surface area (Å²) < 4.78 is 39.0. The van der Waals surface area contributed by atoms with Crippen LogP contribution in [0.25, 0.3) is 0 Å². The van der Waals surface area contributed by atoms with Crippen LogP contribution in [0.3, 0.4) is 0 Å². The molecular formula is C13H9ClF3N. The first-order valence-corrected chi connectivity index (χ1v) is 5.57. The van der Waals surface area contributed by atoms with Gasteiger partial charge in [-0.05, 0) is 35.9 Å². The molecule has 0 heterocycles. The highest BCUT2D eigenvalue weighted by Gasteiger charge is 2.05. The zero-order chi connectivity index (χ0) is 13.1. The van der Waals surface area contributed by atoms with E-state index >= 15 is 0 Å². The molecule has 0 bridgehead atoms. The molecule has 0 saturated carbocycles. The lowest BCUT2D eigenvalue weighted by atomic mass is 10.2. The maximum Gasteiger partial charge on any atom is 0.159 e. The van der Waals surface area contributed by atoms with Crippen LogP contribution in [0.4, 0.5) is 18.9 Å². The molecule has 94 valence electrons. The molecule has 0 aliphatic rings. The van der Waals surface area contributed by atoms with E-state index in [1.54, 1.807) is 0 Å². The molecule has 0 aliphatic carbocycles. The van der Waals surface area contributed by atoms with Gasteiger partial charge in [0.25, 0.3) is 0 Å². The van der Waals surface area contributed by atoms with Crippen LogP contribution in [0.2, 0.25) is 5.02 Å². The summed E-state index contributed by atoms with van der Waals surface area (Å²) in [5.41, 5.74) is 0.723. The summed E-state index contributed by atoms with van der Waals surface area (Å²) in [4.78, 5) is 0. The Labute approximate surface area is 107 Å². The number of hydrogen-bond donors (Lipinski definition) is 1. The topological polar surface area (TPSA) is 12.0 Å². The Balaban J connectivity index is 2.11. The molecule has 1 nitrogen and oxygen atoms in total. The highest BCUT2D eigenvalue weighted by Crippen LogP contribution is 2.20. The molecule has 0 unspecified atom stereocenters. The number of rotatable bonds is 3. The Bertz CT molecular complexity index is 572. The van der Waals surface area contributed by atoms with Crippen LogP contribution in [-0.2, 0) is 6.54 Å². The Morgan fingerprint density at radius 2 is 1.61 bits per heavy atom. The average molecular weight is 272 g/mol. The van der Waals surface area contributed by atoms with Crippen LogP contribution >= 0.6 is 11.6 Å². The first-order valence-electron chi connectivity index (χ1n) is 5.19. The largest absolute Gasteiger partial charge is 0.379 e. The van der Waals surface area contributed by atoms with Crippen LogP contribution < -0.4 is 5.32 Å². The summed E-state index contributed by atoms with van der Waals surface area (Å²) in [6.07, 6.45) is 0. The second-order valence-corrected chi connectivity index (χ2v) is 4.16. The lowest BCUT2D eigenvalue weighted by molar-refractivity contribution is 0.507. The van der Waals surface area contributed by atoms with Gasteiger partial charge in [-0.15, -0.1) is 0 Å². The normalized spacial score (nSPS) is 10.4. The van der Waals surface area contributed by atoms with Crippen molar-refractivity contribution in [2.75, 3.05) is 5.32 Å². The molecule has 0 atom stereocenters. The molecule has 0 aliphatic heterocycles. The van der Waals surface area contributed by atoms with Gasteiger partial charge in [-0.25, -0.2) is 13.2 Å². The number of hydrogen-bond acceptors (Lipinski definition) is 1. The van der Waals surface area contributed by atoms with Gasteiger partial charge in [0.2, 0.25) is 0 Å². The summed E-state index contributed by atoms with van der Waals surface area (Å²) >= 11 is 5.73. The monoisotopic (exact) mass is 271 g/mol. The average Bonchev–Trinajstić information content (AvgIpc) is 2.34. The van der Waals surface area contributed by atoms with E-state index in [1.165, 1.54) is 24.3 Å². The van der Waals surface area contributed by atoms with E-state index in [-0.39, 0.29) is 12.2 Å². The predicted octanol–water partition coefficient (Wildman–Crippen LogP) is 4.37. The number of benzene rings is 2. The van der Waals surface area contributed by atoms with Crippen molar-refractivity contribution in [3.05, 3.63) is 64.4 Å². The summed E-state index contributed by atoms with van der Waals surface area (Å²) in [5, 5.41) is 3.16. The number of halogens is 4. The predicted molar refractivity (Wildman–Crippen MR) is 65.1 cm³/mol. The lowest BCUT2D eigenvalue weighted by Gasteiger charge is -2.08. The molecule has 1 N–H and O–H groups in total. The molecule has 2 rings (SSSR count). The van der Waals surface area contributed by atoms with E-state index in [9.17, 15) is 13.2 Å². The van der Waals surface area contributed by atoms with Gasteiger partial charge >= 0.3 is 0 Å². The summed E-state index contributed by atoms with van der Waals surface area (Å²) in [7, 11) is 0. The standard InChI is InChI=1S/C13H9ClF3N/c14-9-2-4-11(16)13(6-9)18-7-8-1-3-10(15)12(17)5-8/h1-6,18H,7H2. The summed E-state index contributed by atoms with van der Waals surface area (Å²) in [6, 6.07) is 7.60. The second kappa shape index (κ2) is 5.31. The third-order valence-corrected chi connectivity index (χ3v) is 2.63. The van der Waals surface area contributed by atoms with Gasteiger partial charge in [0, 0.05) is 11.6 Å². The Morgan fingerprint density at radius 1 is 0.889 bits per heavy atom. The highest BCUT2D eigenvalue weighted by atomic mass is 35.5.